The number of ether oxygens (including phenoxy) is 1. The molecule has 1 aromatic heterocycles. The SMILES string of the molecule is CN=C(NCCCOCC1CC1)NCC(=O)NCc1ccco1.I. The van der Waals surface area contributed by atoms with E-state index in [1.807, 2.05) is 6.07 Å². The van der Waals surface area contributed by atoms with Gasteiger partial charge < -0.3 is 25.1 Å². The Labute approximate surface area is 160 Å². The molecule has 8 heteroatoms. The normalized spacial score (nSPS) is 14.0. The van der Waals surface area contributed by atoms with Crippen LogP contribution < -0.4 is 16.0 Å². The number of rotatable bonds is 10. The van der Waals surface area contributed by atoms with E-state index in [9.17, 15) is 4.79 Å². The first-order valence-corrected chi connectivity index (χ1v) is 8.09. The van der Waals surface area contributed by atoms with Crippen LogP contribution in [0.1, 0.15) is 25.0 Å². The summed E-state index contributed by atoms with van der Waals surface area (Å²) in [7, 11) is 1.68. The zero-order valence-electron chi connectivity index (χ0n) is 14.0. The second-order valence-electron chi connectivity index (χ2n) is 5.58. The number of amides is 1. The molecular formula is C16H27IN4O3. The van der Waals surface area contributed by atoms with Crippen molar-refractivity contribution in [3.05, 3.63) is 24.2 Å². The molecule has 0 aliphatic heterocycles. The summed E-state index contributed by atoms with van der Waals surface area (Å²) in [4.78, 5) is 15.8. The van der Waals surface area contributed by atoms with Crippen LogP contribution in [0.25, 0.3) is 0 Å². The molecule has 0 atom stereocenters. The minimum atomic E-state index is -0.114. The average Bonchev–Trinajstić information content (AvgIpc) is 3.24. The lowest BCUT2D eigenvalue weighted by atomic mass is 10.4. The molecule has 0 bridgehead atoms. The number of nitrogens with zero attached hydrogens (tertiary/aromatic N) is 1. The number of halogens is 1. The van der Waals surface area contributed by atoms with E-state index >= 15 is 0 Å². The smallest absolute Gasteiger partial charge is 0.239 e. The summed E-state index contributed by atoms with van der Waals surface area (Å²) in [6, 6.07) is 3.61. The minimum absolute atomic E-state index is 0. The average molecular weight is 450 g/mol. The molecule has 0 radical (unpaired) electrons. The maximum Gasteiger partial charge on any atom is 0.239 e. The van der Waals surface area contributed by atoms with Crippen molar-refractivity contribution < 1.29 is 13.9 Å². The Bertz CT molecular complexity index is 490. The summed E-state index contributed by atoms with van der Waals surface area (Å²) in [6.07, 6.45) is 5.13. The van der Waals surface area contributed by atoms with E-state index in [2.05, 4.69) is 20.9 Å². The lowest BCUT2D eigenvalue weighted by molar-refractivity contribution is -0.120. The number of nitrogens with one attached hydrogen (secondary N) is 3. The summed E-state index contributed by atoms with van der Waals surface area (Å²) < 4.78 is 10.7. The van der Waals surface area contributed by atoms with Gasteiger partial charge in [0.1, 0.15) is 5.76 Å². The summed E-state index contributed by atoms with van der Waals surface area (Å²) >= 11 is 0. The van der Waals surface area contributed by atoms with Crippen molar-refractivity contribution in [1.82, 2.24) is 16.0 Å². The molecule has 2 rings (SSSR count). The maximum atomic E-state index is 11.7. The number of aliphatic imine (C=N–C) groups is 1. The fourth-order valence-corrected chi connectivity index (χ4v) is 1.96. The molecule has 1 heterocycles. The minimum Gasteiger partial charge on any atom is -0.467 e. The molecule has 1 aliphatic carbocycles. The van der Waals surface area contributed by atoms with Crippen LogP contribution in [0.3, 0.4) is 0 Å². The van der Waals surface area contributed by atoms with Crippen molar-refractivity contribution in [3.63, 3.8) is 0 Å². The number of furan rings is 1. The standard InChI is InChI=1S/C16H26N4O3.HI/c1-17-16(18-7-3-8-22-12-13-5-6-13)20-11-15(21)19-10-14-4-2-9-23-14;/h2,4,9,13H,3,5-8,10-12H2,1H3,(H,19,21)(H2,17,18,20);1H. The van der Waals surface area contributed by atoms with Gasteiger partial charge in [0, 0.05) is 26.8 Å². The third kappa shape index (κ3) is 9.11. The molecule has 7 nitrogen and oxygen atoms in total. The highest BCUT2D eigenvalue weighted by atomic mass is 127. The van der Waals surface area contributed by atoms with Crippen molar-refractivity contribution in [2.75, 3.05) is 33.4 Å². The molecule has 0 saturated heterocycles. The van der Waals surface area contributed by atoms with Gasteiger partial charge >= 0.3 is 0 Å². The molecule has 1 aromatic rings. The van der Waals surface area contributed by atoms with Crippen molar-refractivity contribution >= 4 is 35.8 Å². The fraction of sp³-hybridized carbons (Fsp3) is 0.625. The number of carbonyl (C=O) groups is 1. The van der Waals surface area contributed by atoms with Gasteiger partial charge in [0.25, 0.3) is 0 Å². The van der Waals surface area contributed by atoms with Crippen LogP contribution in [0.15, 0.2) is 27.8 Å². The largest absolute Gasteiger partial charge is 0.467 e. The van der Waals surface area contributed by atoms with E-state index in [-0.39, 0.29) is 36.4 Å². The number of hydrogen-bond donors (Lipinski definition) is 3. The monoisotopic (exact) mass is 450 g/mol. The van der Waals surface area contributed by atoms with Gasteiger partial charge in [0.2, 0.25) is 5.91 Å². The van der Waals surface area contributed by atoms with Crippen molar-refractivity contribution in [1.29, 1.82) is 0 Å². The van der Waals surface area contributed by atoms with Crippen LogP contribution in [0.4, 0.5) is 0 Å². The van der Waals surface area contributed by atoms with E-state index in [1.165, 1.54) is 12.8 Å². The molecule has 1 aliphatic rings. The van der Waals surface area contributed by atoms with Crippen LogP contribution in [0, 0.1) is 5.92 Å². The number of carbonyl (C=O) groups excluding carboxylic acids is 1. The van der Waals surface area contributed by atoms with Gasteiger partial charge in [-0.15, -0.1) is 24.0 Å². The molecular weight excluding hydrogens is 423 g/mol. The third-order valence-electron chi connectivity index (χ3n) is 3.49. The molecule has 3 N–H and O–H groups in total. The Hall–Kier alpha value is -1.29. The Morgan fingerprint density at radius 3 is 2.88 bits per heavy atom. The number of guanidine groups is 1. The summed E-state index contributed by atoms with van der Waals surface area (Å²) in [5, 5.41) is 8.90. The quantitative estimate of drug-likeness (QED) is 0.218. The van der Waals surface area contributed by atoms with Gasteiger partial charge in [-0.1, -0.05) is 0 Å². The molecule has 1 amide bonds. The van der Waals surface area contributed by atoms with Gasteiger partial charge in [0.05, 0.1) is 19.4 Å². The van der Waals surface area contributed by atoms with E-state index in [1.54, 1.807) is 19.4 Å². The van der Waals surface area contributed by atoms with Crippen LogP contribution >= 0.6 is 24.0 Å². The Morgan fingerprint density at radius 2 is 2.21 bits per heavy atom. The van der Waals surface area contributed by atoms with E-state index < -0.39 is 0 Å². The highest BCUT2D eigenvalue weighted by Crippen LogP contribution is 2.28. The van der Waals surface area contributed by atoms with Gasteiger partial charge in [-0.05, 0) is 37.3 Å². The van der Waals surface area contributed by atoms with E-state index in [4.69, 9.17) is 9.15 Å². The van der Waals surface area contributed by atoms with Gasteiger partial charge in [-0.3, -0.25) is 9.79 Å². The van der Waals surface area contributed by atoms with Gasteiger partial charge in [0.15, 0.2) is 5.96 Å². The van der Waals surface area contributed by atoms with E-state index in [0.717, 1.165) is 37.9 Å². The van der Waals surface area contributed by atoms with Crippen molar-refractivity contribution in [2.24, 2.45) is 10.9 Å². The molecule has 0 unspecified atom stereocenters. The second kappa shape index (κ2) is 12.1. The Kier molecular flexibility index (Phi) is 10.5. The first-order chi connectivity index (χ1) is 11.3. The first-order valence-electron chi connectivity index (χ1n) is 8.09. The van der Waals surface area contributed by atoms with Crippen molar-refractivity contribution in [2.45, 2.75) is 25.8 Å². The molecule has 1 saturated carbocycles. The second-order valence-corrected chi connectivity index (χ2v) is 5.58. The first kappa shape index (κ1) is 20.8. The zero-order valence-corrected chi connectivity index (χ0v) is 16.4. The van der Waals surface area contributed by atoms with Crippen molar-refractivity contribution in [3.8, 4) is 0 Å². The van der Waals surface area contributed by atoms with E-state index in [0.29, 0.717) is 12.5 Å². The molecule has 136 valence electrons. The van der Waals surface area contributed by atoms with Gasteiger partial charge in [-0.2, -0.15) is 0 Å². The van der Waals surface area contributed by atoms with Gasteiger partial charge in [-0.25, -0.2) is 0 Å². The lowest BCUT2D eigenvalue weighted by Crippen LogP contribution is -2.43. The predicted molar refractivity (Wildman–Crippen MR) is 103 cm³/mol. The van der Waals surface area contributed by atoms with Crippen LogP contribution in [0.5, 0.6) is 0 Å². The Balaban J connectivity index is 0.00000288. The molecule has 1 fully saturated rings. The lowest BCUT2D eigenvalue weighted by Gasteiger charge is -2.11. The zero-order chi connectivity index (χ0) is 16.3. The molecule has 0 aromatic carbocycles. The molecule has 0 spiro atoms. The number of hydrogen-bond acceptors (Lipinski definition) is 4. The summed E-state index contributed by atoms with van der Waals surface area (Å²) in [6.45, 7) is 2.96. The summed E-state index contributed by atoms with van der Waals surface area (Å²) in [5.74, 6) is 2.03. The third-order valence-corrected chi connectivity index (χ3v) is 3.49. The predicted octanol–water partition coefficient (Wildman–Crippen LogP) is 1.50. The fourth-order valence-electron chi connectivity index (χ4n) is 1.96. The van der Waals surface area contributed by atoms with Crippen LogP contribution in [-0.4, -0.2) is 45.2 Å². The highest BCUT2D eigenvalue weighted by Gasteiger charge is 2.20. The summed E-state index contributed by atoms with van der Waals surface area (Å²) in [5.41, 5.74) is 0. The Morgan fingerprint density at radius 1 is 1.38 bits per heavy atom. The highest BCUT2D eigenvalue weighted by molar-refractivity contribution is 14.0. The van der Waals surface area contributed by atoms with Crippen LogP contribution in [0.2, 0.25) is 0 Å². The molecule has 24 heavy (non-hydrogen) atoms. The topological polar surface area (TPSA) is 87.9 Å². The maximum absolute atomic E-state index is 11.7. The van der Waals surface area contributed by atoms with Crippen LogP contribution in [-0.2, 0) is 16.1 Å².